The van der Waals surface area contributed by atoms with Gasteiger partial charge < -0.3 is 5.32 Å². The summed E-state index contributed by atoms with van der Waals surface area (Å²) >= 11 is 1.49. The van der Waals surface area contributed by atoms with Crippen molar-refractivity contribution in [3.05, 3.63) is 5.69 Å². The number of anilines is 1. The Balaban J connectivity index is 1.84. The summed E-state index contributed by atoms with van der Waals surface area (Å²) in [7, 11) is 0. The summed E-state index contributed by atoms with van der Waals surface area (Å²) in [6, 6.07) is 0. The third-order valence-electron chi connectivity index (χ3n) is 3.53. The molecular weight excluding hydrogens is 244 g/mol. The average Bonchev–Trinajstić information content (AvgIpc) is 2.98. The van der Waals surface area contributed by atoms with E-state index in [1.54, 1.807) is 0 Å². The van der Waals surface area contributed by atoms with Crippen LogP contribution in [0.4, 0.5) is 5.00 Å². The number of nitrogens with one attached hydrogen (secondary N) is 1. The summed E-state index contributed by atoms with van der Waals surface area (Å²) in [4.78, 5) is 2.52. The van der Waals surface area contributed by atoms with E-state index in [0.29, 0.717) is 0 Å². The molecule has 1 aromatic rings. The standard InChI is InChI=1S/C13H24N4S/c1-3-5-11-6-8-17(9-11)10-12-13(14-7-4-2)18-16-15-12/h11,14H,3-10H2,1-2H3. The molecule has 1 atom stereocenters. The first-order chi connectivity index (χ1) is 8.83. The van der Waals surface area contributed by atoms with E-state index in [-0.39, 0.29) is 0 Å². The minimum absolute atomic E-state index is 0.897. The second kappa shape index (κ2) is 7.04. The monoisotopic (exact) mass is 268 g/mol. The van der Waals surface area contributed by atoms with Crippen LogP contribution >= 0.6 is 11.5 Å². The highest BCUT2D eigenvalue weighted by Gasteiger charge is 2.23. The Hall–Kier alpha value is -0.680. The molecule has 2 heterocycles. The maximum absolute atomic E-state index is 4.27. The molecule has 0 aliphatic carbocycles. The minimum atomic E-state index is 0.897. The average molecular weight is 268 g/mol. The number of nitrogens with zero attached hydrogens (tertiary/aromatic N) is 3. The molecule has 1 N–H and O–H groups in total. The van der Waals surface area contributed by atoms with Crippen LogP contribution in [-0.2, 0) is 6.54 Å². The van der Waals surface area contributed by atoms with Gasteiger partial charge in [-0.2, -0.15) is 0 Å². The van der Waals surface area contributed by atoms with Gasteiger partial charge in [0.15, 0.2) is 0 Å². The molecule has 1 aromatic heterocycles. The van der Waals surface area contributed by atoms with Crippen molar-refractivity contribution in [2.24, 2.45) is 5.92 Å². The van der Waals surface area contributed by atoms with E-state index >= 15 is 0 Å². The van der Waals surface area contributed by atoms with Crippen molar-refractivity contribution in [3.63, 3.8) is 0 Å². The quantitative estimate of drug-likeness (QED) is 0.825. The molecule has 18 heavy (non-hydrogen) atoms. The molecule has 0 radical (unpaired) electrons. The summed E-state index contributed by atoms with van der Waals surface area (Å²) in [6.45, 7) is 8.88. The predicted octanol–water partition coefficient (Wildman–Crippen LogP) is 2.98. The van der Waals surface area contributed by atoms with Crippen LogP contribution in [0, 0.1) is 5.92 Å². The van der Waals surface area contributed by atoms with Crippen LogP contribution in [-0.4, -0.2) is 34.1 Å². The van der Waals surface area contributed by atoms with Crippen LogP contribution in [0.15, 0.2) is 0 Å². The zero-order valence-electron chi connectivity index (χ0n) is 11.5. The highest BCUT2D eigenvalue weighted by atomic mass is 32.1. The smallest absolute Gasteiger partial charge is 0.134 e. The van der Waals surface area contributed by atoms with Crippen LogP contribution in [0.3, 0.4) is 0 Å². The lowest BCUT2D eigenvalue weighted by Crippen LogP contribution is -2.21. The van der Waals surface area contributed by atoms with Gasteiger partial charge in [-0.25, -0.2) is 0 Å². The number of hydrogen-bond acceptors (Lipinski definition) is 5. The summed E-state index contributed by atoms with van der Waals surface area (Å²) in [6.07, 6.45) is 5.16. The fraction of sp³-hybridized carbons (Fsp3) is 0.846. The van der Waals surface area contributed by atoms with Gasteiger partial charge in [-0.05, 0) is 31.7 Å². The maximum atomic E-state index is 4.27. The molecule has 102 valence electrons. The fourth-order valence-corrected chi connectivity index (χ4v) is 3.20. The molecule has 0 aromatic carbocycles. The van der Waals surface area contributed by atoms with E-state index in [2.05, 4.69) is 33.7 Å². The second-order valence-corrected chi connectivity index (χ2v) is 5.91. The Morgan fingerprint density at radius 1 is 1.39 bits per heavy atom. The lowest BCUT2D eigenvalue weighted by atomic mass is 10.0. The lowest BCUT2D eigenvalue weighted by molar-refractivity contribution is 0.309. The summed E-state index contributed by atoms with van der Waals surface area (Å²) in [5.74, 6) is 0.897. The second-order valence-electron chi connectivity index (χ2n) is 5.15. The largest absolute Gasteiger partial charge is 0.374 e. The molecule has 1 aliphatic rings. The van der Waals surface area contributed by atoms with Crippen molar-refractivity contribution >= 4 is 16.5 Å². The summed E-state index contributed by atoms with van der Waals surface area (Å²) in [5.41, 5.74) is 1.13. The van der Waals surface area contributed by atoms with Crippen LogP contribution in [0.25, 0.3) is 0 Å². The Morgan fingerprint density at radius 3 is 3.06 bits per heavy atom. The van der Waals surface area contributed by atoms with E-state index in [0.717, 1.165) is 36.1 Å². The molecule has 2 rings (SSSR count). The molecule has 0 bridgehead atoms. The van der Waals surface area contributed by atoms with Crippen LogP contribution in [0.2, 0.25) is 0 Å². The fourth-order valence-electron chi connectivity index (χ4n) is 2.60. The minimum Gasteiger partial charge on any atom is -0.374 e. The molecule has 5 heteroatoms. The van der Waals surface area contributed by atoms with E-state index in [4.69, 9.17) is 0 Å². The zero-order valence-corrected chi connectivity index (χ0v) is 12.3. The van der Waals surface area contributed by atoms with Gasteiger partial charge in [0.05, 0.1) is 0 Å². The third kappa shape index (κ3) is 3.65. The molecule has 0 amide bonds. The molecule has 0 saturated carbocycles. The number of likely N-dealkylation sites (tertiary alicyclic amines) is 1. The van der Waals surface area contributed by atoms with Gasteiger partial charge >= 0.3 is 0 Å². The highest BCUT2D eigenvalue weighted by Crippen LogP contribution is 2.25. The highest BCUT2D eigenvalue weighted by molar-refractivity contribution is 7.10. The van der Waals surface area contributed by atoms with Crippen molar-refractivity contribution in [3.8, 4) is 0 Å². The van der Waals surface area contributed by atoms with Crippen LogP contribution < -0.4 is 5.32 Å². The van der Waals surface area contributed by atoms with Gasteiger partial charge in [-0.1, -0.05) is 24.8 Å². The van der Waals surface area contributed by atoms with Crippen molar-refractivity contribution in [1.29, 1.82) is 0 Å². The molecule has 1 saturated heterocycles. The topological polar surface area (TPSA) is 41.1 Å². The lowest BCUT2D eigenvalue weighted by Gasteiger charge is -2.15. The number of aromatic nitrogens is 2. The molecule has 1 unspecified atom stereocenters. The van der Waals surface area contributed by atoms with E-state index in [9.17, 15) is 0 Å². The summed E-state index contributed by atoms with van der Waals surface area (Å²) in [5, 5.41) is 8.85. The third-order valence-corrected chi connectivity index (χ3v) is 4.26. The van der Waals surface area contributed by atoms with Gasteiger partial charge in [-0.15, -0.1) is 5.10 Å². The van der Waals surface area contributed by atoms with Gasteiger partial charge in [0, 0.05) is 31.2 Å². The number of rotatable bonds is 7. The van der Waals surface area contributed by atoms with Gasteiger partial charge in [0.2, 0.25) is 0 Å². The summed E-state index contributed by atoms with van der Waals surface area (Å²) < 4.78 is 4.07. The first kappa shape index (κ1) is 13.7. The van der Waals surface area contributed by atoms with E-state index in [1.165, 1.54) is 43.9 Å². The SMILES string of the molecule is CCCNc1snnc1CN1CCC(CCC)C1. The Labute approximate surface area is 114 Å². The first-order valence-corrected chi connectivity index (χ1v) is 7.88. The molecule has 1 aliphatic heterocycles. The molecular formula is C13H24N4S. The molecule has 4 nitrogen and oxygen atoms in total. The predicted molar refractivity (Wildman–Crippen MR) is 77.0 cm³/mol. The van der Waals surface area contributed by atoms with Gasteiger partial charge in [0.25, 0.3) is 0 Å². The van der Waals surface area contributed by atoms with E-state index in [1.807, 2.05) is 0 Å². The van der Waals surface area contributed by atoms with Crippen molar-refractivity contribution in [2.45, 2.75) is 46.1 Å². The Bertz CT molecular complexity index is 353. The number of hydrogen-bond donors (Lipinski definition) is 1. The zero-order chi connectivity index (χ0) is 12.8. The maximum Gasteiger partial charge on any atom is 0.134 e. The van der Waals surface area contributed by atoms with Crippen molar-refractivity contribution in [2.75, 3.05) is 25.0 Å². The van der Waals surface area contributed by atoms with E-state index < -0.39 is 0 Å². The van der Waals surface area contributed by atoms with Crippen LogP contribution in [0.1, 0.15) is 45.2 Å². The van der Waals surface area contributed by atoms with Crippen molar-refractivity contribution in [1.82, 2.24) is 14.5 Å². The first-order valence-electron chi connectivity index (χ1n) is 7.11. The molecule has 1 fully saturated rings. The van der Waals surface area contributed by atoms with Crippen molar-refractivity contribution < 1.29 is 0 Å². The Morgan fingerprint density at radius 2 is 2.28 bits per heavy atom. The van der Waals surface area contributed by atoms with Crippen LogP contribution in [0.5, 0.6) is 0 Å². The molecule has 0 spiro atoms. The Kier molecular flexibility index (Phi) is 5.38. The van der Waals surface area contributed by atoms with Gasteiger partial charge in [0.1, 0.15) is 10.7 Å². The normalized spacial score (nSPS) is 20.4. The van der Waals surface area contributed by atoms with Gasteiger partial charge in [-0.3, -0.25) is 4.90 Å².